The molecule has 0 radical (unpaired) electrons. The molecule has 1 aromatic heterocycles. The maximum absolute atomic E-state index is 13.7. The minimum atomic E-state index is -0.350. The molecule has 1 N–H and O–H groups in total. The van der Waals surface area contributed by atoms with Crippen LogP contribution in [0.15, 0.2) is 12.1 Å². The van der Waals surface area contributed by atoms with Gasteiger partial charge in [-0.05, 0) is 24.6 Å². The molecule has 0 unspecified atom stereocenters. The highest BCUT2D eigenvalue weighted by Gasteiger charge is 2.17. The van der Waals surface area contributed by atoms with Gasteiger partial charge in [-0.2, -0.15) is 0 Å². The van der Waals surface area contributed by atoms with Gasteiger partial charge in [0.2, 0.25) is 0 Å². The number of carbonyl (C=O) groups excluding carboxylic acids is 1. The van der Waals surface area contributed by atoms with Gasteiger partial charge in [-0.3, -0.25) is 4.79 Å². The lowest BCUT2D eigenvalue weighted by molar-refractivity contribution is 0.101. The molecule has 2 aromatic rings. The molecule has 0 fully saturated rings. The van der Waals surface area contributed by atoms with E-state index in [0.29, 0.717) is 27.9 Å². The largest absolute Gasteiger partial charge is 0.495 e. The summed E-state index contributed by atoms with van der Waals surface area (Å²) in [6.07, 6.45) is 0. The third-order valence-corrected chi connectivity index (χ3v) is 2.69. The van der Waals surface area contributed by atoms with E-state index in [1.165, 1.54) is 26.2 Å². The molecule has 0 spiro atoms. The zero-order valence-corrected chi connectivity index (χ0v) is 9.35. The summed E-state index contributed by atoms with van der Waals surface area (Å²) in [5.74, 6) is 0.0687. The third kappa shape index (κ3) is 1.38. The lowest BCUT2D eigenvalue weighted by atomic mass is 10.1. The molecule has 4 heteroatoms. The fourth-order valence-electron chi connectivity index (χ4n) is 1.91. The second-order valence-corrected chi connectivity index (χ2v) is 3.68. The molecular weight excluding hydrogens is 209 g/mol. The molecule has 0 aliphatic rings. The summed E-state index contributed by atoms with van der Waals surface area (Å²) in [6.45, 7) is 3.17. The number of hydrogen-bond acceptors (Lipinski definition) is 2. The second-order valence-electron chi connectivity index (χ2n) is 3.68. The molecule has 1 aromatic carbocycles. The van der Waals surface area contributed by atoms with Crippen molar-refractivity contribution in [3.05, 3.63) is 29.2 Å². The van der Waals surface area contributed by atoms with Gasteiger partial charge in [-0.1, -0.05) is 0 Å². The van der Waals surface area contributed by atoms with Gasteiger partial charge in [-0.25, -0.2) is 4.39 Å². The fraction of sp³-hybridized carbons (Fsp3) is 0.250. The average Bonchev–Trinajstić information content (AvgIpc) is 2.58. The Bertz CT molecular complexity index is 572. The Labute approximate surface area is 92.2 Å². The molecule has 0 aliphatic carbocycles. The zero-order valence-electron chi connectivity index (χ0n) is 9.35. The zero-order chi connectivity index (χ0) is 11.9. The summed E-state index contributed by atoms with van der Waals surface area (Å²) in [6, 6.07) is 2.88. The smallest absolute Gasteiger partial charge is 0.176 e. The van der Waals surface area contributed by atoms with Crippen molar-refractivity contribution >= 4 is 16.7 Å². The number of nitrogens with one attached hydrogen (secondary N) is 1. The average molecular weight is 221 g/mol. The van der Waals surface area contributed by atoms with Crippen LogP contribution in [0.1, 0.15) is 23.0 Å². The molecule has 0 atom stereocenters. The number of halogens is 1. The molecule has 84 valence electrons. The molecule has 0 saturated carbocycles. The predicted molar refractivity (Wildman–Crippen MR) is 59.6 cm³/mol. The maximum atomic E-state index is 13.7. The summed E-state index contributed by atoms with van der Waals surface area (Å²) in [7, 11) is 1.51. The van der Waals surface area contributed by atoms with E-state index in [1.807, 2.05) is 0 Å². The van der Waals surface area contributed by atoms with Gasteiger partial charge in [-0.15, -0.1) is 0 Å². The normalized spacial score (nSPS) is 10.8. The Morgan fingerprint density at radius 1 is 1.44 bits per heavy atom. The molecule has 16 heavy (non-hydrogen) atoms. The number of Topliss-reactive ketones (excluding diaryl/α,β-unsaturated/α-hetero) is 1. The molecular formula is C12H12FNO2. The van der Waals surface area contributed by atoms with Crippen molar-refractivity contribution in [3.8, 4) is 5.75 Å². The number of H-pyrrole nitrogens is 1. The van der Waals surface area contributed by atoms with Crippen molar-refractivity contribution in [2.45, 2.75) is 13.8 Å². The van der Waals surface area contributed by atoms with Crippen LogP contribution in [0.5, 0.6) is 5.75 Å². The SMILES string of the molecule is COc1ccc(F)c2c(C)c(C(C)=O)[nH]c12. The Morgan fingerprint density at radius 3 is 2.69 bits per heavy atom. The highest BCUT2D eigenvalue weighted by Crippen LogP contribution is 2.31. The van der Waals surface area contributed by atoms with E-state index in [9.17, 15) is 9.18 Å². The number of rotatable bonds is 2. The maximum Gasteiger partial charge on any atom is 0.176 e. The third-order valence-electron chi connectivity index (χ3n) is 2.69. The van der Waals surface area contributed by atoms with Crippen molar-refractivity contribution in [1.29, 1.82) is 0 Å². The minimum absolute atomic E-state index is 0.116. The van der Waals surface area contributed by atoms with Gasteiger partial charge in [0, 0.05) is 12.3 Å². The Morgan fingerprint density at radius 2 is 2.12 bits per heavy atom. The highest BCUT2D eigenvalue weighted by molar-refractivity contribution is 6.02. The number of fused-ring (bicyclic) bond motifs is 1. The van der Waals surface area contributed by atoms with Crippen LogP contribution in [-0.4, -0.2) is 17.9 Å². The van der Waals surface area contributed by atoms with Crippen molar-refractivity contribution < 1.29 is 13.9 Å². The first-order valence-electron chi connectivity index (χ1n) is 4.92. The topological polar surface area (TPSA) is 42.1 Å². The van der Waals surface area contributed by atoms with Gasteiger partial charge in [0.1, 0.15) is 11.6 Å². The Kier molecular flexibility index (Phi) is 2.42. The number of carbonyl (C=O) groups is 1. The van der Waals surface area contributed by atoms with Gasteiger partial charge in [0.15, 0.2) is 5.78 Å². The van der Waals surface area contributed by atoms with Crippen LogP contribution in [-0.2, 0) is 0 Å². The van der Waals surface area contributed by atoms with E-state index in [-0.39, 0.29) is 11.6 Å². The molecule has 0 bridgehead atoms. The summed E-state index contributed by atoms with van der Waals surface area (Å²) in [5, 5.41) is 0.421. The number of aryl methyl sites for hydroxylation is 1. The molecule has 2 rings (SSSR count). The van der Waals surface area contributed by atoms with Gasteiger partial charge >= 0.3 is 0 Å². The highest BCUT2D eigenvalue weighted by atomic mass is 19.1. The van der Waals surface area contributed by atoms with E-state index in [1.54, 1.807) is 6.92 Å². The first kappa shape index (κ1) is 10.7. The van der Waals surface area contributed by atoms with Gasteiger partial charge < -0.3 is 9.72 Å². The van der Waals surface area contributed by atoms with Gasteiger partial charge in [0.25, 0.3) is 0 Å². The fourth-order valence-corrected chi connectivity index (χ4v) is 1.91. The van der Waals surface area contributed by atoms with Crippen LogP contribution >= 0.6 is 0 Å². The summed E-state index contributed by atoms with van der Waals surface area (Å²) in [5.41, 5.74) is 1.59. The molecule has 1 heterocycles. The summed E-state index contributed by atoms with van der Waals surface area (Å²) < 4.78 is 18.8. The molecule has 0 saturated heterocycles. The minimum Gasteiger partial charge on any atom is -0.495 e. The standard InChI is InChI=1S/C12H12FNO2/c1-6-10-8(13)4-5-9(16-3)12(10)14-11(6)7(2)15/h4-5,14H,1-3H3. The van der Waals surface area contributed by atoms with E-state index >= 15 is 0 Å². The number of methoxy groups -OCH3 is 1. The van der Waals surface area contributed by atoms with Crippen molar-refractivity contribution in [2.75, 3.05) is 7.11 Å². The number of hydrogen-bond donors (Lipinski definition) is 1. The number of aromatic nitrogens is 1. The summed E-state index contributed by atoms with van der Waals surface area (Å²) >= 11 is 0. The van der Waals surface area contributed by atoms with Gasteiger partial charge in [0.05, 0.1) is 18.3 Å². The van der Waals surface area contributed by atoms with Crippen LogP contribution in [0.2, 0.25) is 0 Å². The molecule has 0 amide bonds. The first-order chi connectivity index (χ1) is 7.56. The van der Waals surface area contributed by atoms with E-state index in [4.69, 9.17) is 4.74 Å². The number of ether oxygens (including phenoxy) is 1. The van der Waals surface area contributed by atoms with Crippen LogP contribution in [0.3, 0.4) is 0 Å². The van der Waals surface area contributed by atoms with Crippen LogP contribution in [0, 0.1) is 12.7 Å². The van der Waals surface area contributed by atoms with Crippen molar-refractivity contribution in [3.63, 3.8) is 0 Å². The lowest BCUT2D eigenvalue weighted by Gasteiger charge is -2.01. The Hall–Kier alpha value is -1.84. The van der Waals surface area contributed by atoms with Crippen molar-refractivity contribution in [2.24, 2.45) is 0 Å². The lowest BCUT2D eigenvalue weighted by Crippen LogP contribution is -1.94. The van der Waals surface area contributed by atoms with E-state index in [2.05, 4.69) is 4.98 Å². The van der Waals surface area contributed by atoms with E-state index < -0.39 is 0 Å². The van der Waals surface area contributed by atoms with Crippen LogP contribution < -0.4 is 4.74 Å². The number of ketones is 1. The van der Waals surface area contributed by atoms with Crippen LogP contribution in [0.25, 0.3) is 10.9 Å². The number of benzene rings is 1. The second kappa shape index (κ2) is 3.63. The Balaban J connectivity index is 2.89. The quantitative estimate of drug-likeness (QED) is 0.792. The van der Waals surface area contributed by atoms with E-state index in [0.717, 1.165) is 0 Å². The number of aromatic amines is 1. The molecule has 3 nitrogen and oxygen atoms in total. The van der Waals surface area contributed by atoms with Crippen molar-refractivity contribution in [1.82, 2.24) is 4.98 Å². The monoisotopic (exact) mass is 221 g/mol. The van der Waals surface area contributed by atoms with Crippen LogP contribution in [0.4, 0.5) is 4.39 Å². The molecule has 0 aliphatic heterocycles. The summed E-state index contributed by atoms with van der Waals surface area (Å²) in [4.78, 5) is 14.3. The first-order valence-corrected chi connectivity index (χ1v) is 4.92. The predicted octanol–water partition coefficient (Wildman–Crippen LogP) is 2.83.